The van der Waals surface area contributed by atoms with Gasteiger partial charge in [0.1, 0.15) is 11.5 Å². The molecule has 1 aliphatic heterocycles. The van der Waals surface area contributed by atoms with Gasteiger partial charge in [0.2, 0.25) is 5.91 Å². The van der Waals surface area contributed by atoms with E-state index in [1.54, 1.807) is 32.2 Å². The van der Waals surface area contributed by atoms with Crippen molar-refractivity contribution in [3.05, 3.63) is 23.8 Å². The van der Waals surface area contributed by atoms with Gasteiger partial charge in [-0.05, 0) is 25.0 Å². The normalized spacial score (nSPS) is 14.7. The van der Waals surface area contributed by atoms with Crippen molar-refractivity contribution < 1.29 is 23.8 Å². The molecule has 0 aromatic heterocycles. The first-order chi connectivity index (χ1) is 12.1. The Kier molecular flexibility index (Phi) is 7.06. The minimum absolute atomic E-state index is 0.0168. The molecule has 0 spiro atoms. The van der Waals surface area contributed by atoms with Crippen LogP contribution in [0.5, 0.6) is 11.5 Å². The molecule has 1 aromatic carbocycles. The molecular weight excluding hydrogens is 324 g/mol. The monoisotopic (exact) mass is 350 g/mol. The maximum absolute atomic E-state index is 12.4. The maximum Gasteiger partial charge on any atom is 0.255 e. The molecule has 25 heavy (non-hydrogen) atoms. The van der Waals surface area contributed by atoms with Crippen LogP contribution in [0.3, 0.4) is 0 Å². The van der Waals surface area contributed by atoms with E-state index in [9.17, 15) is 9.59 Å². The second kappa shape index (κ2) is 9.27. The number of carbonyl (C=O) groups is 2. The van der Waals surface area contributed by atoms with Gasteiger partial charge in [0.25, 0.3) is 5.91 Å². The summed E-state index contributed by atoms with van der Waals surface area (Å²) in [6.07, 6.45) is 1.67. The van der Waals surface area contributed by atoms with Crippen molar-refractivity contribution >= 4 is 11.8 Å². The third kappa shape index (κ3) is 5.09. The highest BCUT2D eigenvalue weighted by molar-refractivity contribution is 5.97. The minimum Gasteiger partial charge on any atom is -0.497 e. The van der Waals surface area contributed by atoms with Gasteiger partial charge < -0.3 is 24.4 Å². The van der Waals surface area contributed by atoms with Crippen molar-refractivity contribution in [2.75, 3.05) is 40.5 Å². The van der Waals surface area contributed by atoms with Gasteiger partial charge in [-0.25, -0.2) is 0 Å². The number of rotatable bonds is 7. The van der Waals surface area contributed by atoms with Crippen LogP contribution in [-0.4, -0.2) is 63.3 Å². The summed E-state index contributed by atoms with van der Waals surface area (Å²) in [5.41, 5.74) is 0.434. The van der Waals surface area contributed by atoms with E-state index in [0.29, 0.717) is 43.4 Å². The molecule has 1 N–H and O–H groups in total. The van der Waals surface area contributed by atoms with E-state index in [4.69, 9.17) is 14.2 Å². The minimum atomic E-state index is -0.241. The van der Waals surface area contributed by atoms with Crippen LogP contribution in [0.15, 0.2) is 18.2 Å². The molecular formula is C18H26N2O5. The average molecular weight is 350 g/mol. The SMILES string of the molecule is COc1ccc(C(=O)NCCN(C(C)=O)C2CCOCC2)c(OC)c1. The summed E-state index contributed by atoms with van der Waals surface area (Å²) in [5.74, 6) is 0.846. The number of nitrogens with one attached hydrogen (secondary N) is 1. The molecule has 0 saturated carbocycles. The van der Waals surface area contributed by atoms with E-state index in [2.05, 4.69) is 5.32 Å². The van der Waals surface area contributed by atoms with Crippen molar-refractivity contribution in [3.8, 4) is 11.5 Å². The molecule has 1 heterocycles. The number of amides is 2. The lowest BCUT2D eigenvalue weighted by molar-refractivity contribution is -0.132. The van der Waals surface area contributed by atoms with Crippen LogP contribution in [0, 0.1) is 0 Å². The zero-order valence-corrected chi connectivity index (χ0v) is 15.0. The van der Waals surface area contributed by atoms with Crippen LogP contribution in [0.25, 0.3) is 0 Å². The zero-order chi connectivity index (χ0) is 18.2. The standard InChI is InChI=1S/C18H26N2O5/c1-13(21)20(14-6-10-25-11-7-14)9-8-19-18(22)16-5-4-15(23-2)12-17(16)24-3/h4-5,12,14H,6-11H2,1-3H3,(H,19,22). The van der Waals surface area contributed by atoms with Gasteiger partial charge in [-0.2, -0.15) is 0 Å². The Bertz CT molecular complexity index is 599. The van der Waals surface area contributed by atoms with Gasteiger partial charge >= 0.3 is 0 Å². The predicted molar refractivity (Wildman–Crippen MR) is 93.1 cm³/mol. The lowest BCUT2D eigenvalue weighted by Gasteiger charge is -2.33. The summed E-state index contributed by atoms with van der Waals surface area (Å²) in [4.78, 5) is 26.1. The first-order valence-corrected chi connectivity index (χ1v) is 8.42. The van der Waals surface area contributed by atoms with Crippen molar-refractivity contribution in [1.29, 1.82) is 0 Å². The summed E-state index contributed by atoms with van der Waals surface area (Å²) in [7, 11) is 3.06. The van der Waals surface area contributed by atoms with Crippen molar-refractivity contribution in [1.82, 2.24) is 10.2 Å². The summed E-state index contributed by atoms with van der Waals surface area (Å²) in [6.45, 7) is 3.76. The maximum atomic E-state index is 12.4. The fraction of sp³-hybridized carbons (Fsp3) is 0.556. The van der Waals surface area contributed by atoms with Crippen LogP contribution < -0.4 is 14.8 Å². The van der Waals surface area contributed by atoms with Crippen LogP contribution in [0.1, 0.15) is 30.1 Å². The Labute approximate surface area is 148 Å². The fourth-order valence-corrected chi connectivity index (χ4v) is 2.97. The number of hydrogen-bond acceptors (Lipinski definition) is 5. The van der Waals surface area contributed by atoms with Crippen molar-refractivity contribution in [3.63, 3.8) is 0 Å². The Morgan fingerprint density at radius 2 is 1.96 bits per heavy atom. The molecule has 138 valence electrons. The average Bonchev–Trinajstić information content (AvgIpc) is 2.64. The molecule has 0 atom stereocenters. The second-order valence-corrected chi connectivity index (χ2v) is 5.88. The third-order valence-electron chi connectivity index (χ3n) is 4.33. The summed E-state index contributed by atoms with van der Waals surface area (Å²) in [5, 5.41) is 2.85. The molecule has 0 radical (unpaired) electrons. The number of ether oxygens (including phenoxy) is 3. The topological polar surface area (TPSA) is 77.1 Å². The lowest BCUT2D eigenvalue weighted by atomic mass is 10.1. The molecule has 1 aromatic rings. The molecule has 2 amide bonds. The van der Waals surface area contributed by atoms with Gasteiger partial charge in [-0.3, -0.25) is 9.59 Å². The van der Waals surface area contributed by atoms with E-state index in [0.717, 1.165) is 12.8 Å². The highest BCUT2D eigenvalue weighted by Crippen LogP contribution is 2.24. The van der Waals surface area contributed by atoms with Crippen molar-refractivity contribution in [2.24, 2.45) is 0 Å². The Balaban J connectivity index is 1.93. The first kappa shape index (κ1) is 19.1. The third-order valence-corrected chi connectivity index (χ3v) is 4.33. The van der Waals surface area contributed by atoms with E-state index >= 15 is 0 Å². The highest BCUT2D eigenvalue weighted by Gasteiger charge is 2.23. The van der Waals surface area contributed by atoms with Gasteiger partial charge in [0, 0.05) is 45.3 Å². The number of hydrogen-bond donors (Lipinski definition) is 1. The van der Waals surface area contributed by atoms with Gasteiger partial charge in [-0.15, -0.1) is 0 Å². The molecule has 0 aliphatic carbocycles. The zero-order valence-electron chi connectivity index (χ0n) is 15.0. The summed E-state index contributed by atoms with van der Waals surface area (Å²) >= 11 is 0. The number of nitrogens with zero attached hydrogens (tertiary/aromatic N) is 1. The van der Waals surface area contributed by atoms with Crippen LogP contribution in [0.4, 0.5) is 0 Å². The molecule has 1 saturated heterocycles. The Morgan fingerprint density at radius 3 is 2.56 bits per heavy atom. The molecule has 2 rings (SSSR count). The van der Waals surface area contributed by atoms with E-state index in [-0.39, 0.29) is 17.9 Å². The van der Waals surface area contributed by atoms with Crippen LogP contribution >= 0.6 is 0 Å². The van der Waals surface area contributed by atoms with E-state index in [1.807, 2.05) is 4.90 Å². The van der Waals surface area contributed by atoms with Gasteiger partial charge in [-0.1, -0.05) is 0 Å². The van der Waals surface area contributed by atoms with Gasteiger partial charge in [0.15, 0.2) is 0 Å². The predicted octanol–water partition coefficient (Wildman–Crippen LogP) is 1.46. The number of carbonyl (C=O) groups excluding carboxylic acids is 2. The van der Waals surface area contributed by atoms with E-state index in [1.165, 1.54) is 7.11 Å². The molecule has 1 fully saturated rings. The molecule has 7 heteroatoms. The van der Waals surface area contributed by atoms with Crippen LogP contribution in [-0.2, 0) is 9.53 Å². The fourth-order valence-electron chi connectivity index (χ4n) is 2.97. The summed E-state index contributed by atoms with van der Waals surface area (Å²) < 4.78 is 15.7. The van der Waals surface area contributed by atoms with Crippen LogP contribution in [0.2, 0.25) is 0 Å². The van der Waals surface area contributed by atoms with Gasteiger partial charge in [0.05, 0.1) is 19.8 Å². The van der Waals surface area contributed by atoms with Crippen molar-refractivity contribution in [2.45, 2.75) is 25.8 Å². The molecule has 1 aliphatic rings. The Hall–Kier alpha value is -2.28. The quantitative estimate of drug-likeness (QED) is 0.806. The first-order valence-electron chi connectivity index (χ1n) is 8.42. The molecule has 0 bridgehead atoms. The number of methoxy groups -OCH3 is 2. The molecule has 0 unspecified atom stereocenters. The Morgan fingerprint density at radius 1 is 1.24 bits per heavy atom. The highest BCUT2D eigenvalue weighted by atomic mass is 16.5. The number of benzene rings is 1. The second-order valence-electron chi connectivity index (χ2n) is 5.88. The largest absolute Gasteiger partial charge is 0.497 e. The van der Waals surface area contributed by atoms with E-state index < -0.39 is 0 Å². The smallest absolute Gasteiger partial charge is 0.255 e. The molecule has 7 nitrogen and oxygen atoms in total. The summed E-state index contributed by atoms with van der Waals surface area (Å²) in [6, 6.07) is 5.22. The lowest BCUT2D eigenvalue weighted by Crippen LogP contribution is -2.46.